The maximum atomic E-state index is 12.9. The summed E-state index contributed by atoms with van der Waals surface area (Å²) in [4.78, 5) is 29.5. The summed E-state index contributed by atoms with van der Waals surface area (Å²) in [5, 5.41) is 3.15. The molecule has 0 radical (unpaired) electrons. The van der Waals surface area contributed by atoms with Crippen molar-refractivity contribution in [2.24, 2.45) is 5.92 Å². The number of hydrogen-bond acceptors (Lipinski definition) is 3. The molecule has 0 aromatic heterocycles. The second-order valence-electron chi connectivity index (χ2n) is 8.04. The van der Waals surface area contributed by atoms with Crippen molar-refractivity contribution in [2.45, 2.75) is 25.7 Å². The summed E-state index contributed by atoms with van der Waals surface area (Å²) in [7, 11) is 0. The number of benzene rings is 2. The second kappa shape index (κ2) is 9.61. The third-order valence-corrected chi connectivity index (χ3v) is 6.00. The lowest BCUT2D eigenvalue weighted by molar-refractivity contribution is -0.130. The Hall–Kier alpha value is -3.08. The Morgan fingerprint density at radius 2 is 1.53 bits per heavy atom. The van der Waals surface area contributed by atoms with Crippen LogP contribution < -0.4 is 10.2 Å². The fraction of sp³-hybridized carbons (Fsp3) is 0.360. The maximum Gasteiger partial charge on any atom is 0.246 e. The fourth-order valence-corrected chi connectivity index (χ4v) is 4.25. The summed E-state index contributed by atoms with van der Waals surface area (Å²) in [6.07, 6.45) is 7.27. The predicted octanol–water partition coefficient (Wildman–Crippen LogP) is 4.18. The molecule has 1 N–H and O–H groups in total. The van der Waals surface area contributed by atoms with Gasteiger partial charge in [-0.05, 0) is 49.5 Å². The molecule has 0 spiro atoms. The highest BCUT2D eigenvalue weighted by molar-refractivity contribution is 5.96. The zero-order chi connectivity index (χ0) is 20.8. The molecule has 156 valence electrons. The molecule has 0 unspecified atom stereocenters. The average Bonchev–Trinajstić information content (AvgIpc) is 3.33. The Labute approximate surface area is 178 Å². The molecule has 2 aliphatic rings. The summed E-state index contributed by atoms with van der Waals surface area (Å²) < 4.78 is 0. The molecular formula is C25H29N3O2. The van der Waals surface area contributed by atoms with E-state index in [1.165, 1.54) is 12.8 Å². The first-order chi connectivity index (χ1) is 14.7. The van der Waals surface area contributed by atoms with Crippen LogP contribution in [0, 0.1) is 5.92 Å². The van der Waals surface area contributed by atoms with E-state index in [-0.39, 0.29) is 17.7 Å². The molecule has 2 heterocycles. The summed E-state index contributed by atoms with van der Waals surface area (Å²) in [5.41, 5.74) is 3.02. The van der Waals surface area contributed by atoms with Gasteiger partial charge in [0.25, 0.3) is 0 Å². The monoisotopic (exact) mass is 403 g/mol. The van der Waals surface area contributed by atoms with Crippen molar-refractivity contribution in [1.29, 1.82) is 0 Å². The van der Waals surface area contributed by atoms with Gasteiger partial charge in [-0.1, -0.05) is 42.5 Å². The number of likely N-dealkylation sites (tertiary alicyclic amines) is 1. The Morgan fingerprint density at radius 3 is 2.27 bits per heavy atom. The Kier molecular flexibility index (Phi) is 6.47. The van der Waals surface area contributed by atoms with Crippen LogP contribution in [-0.4, -0.2) is 42.9 Å². The van der Waals surface area contributed by atoms with Gasteiger partial charge < -0.3 is 15.1 Å². The lowest BCUT2D eigenvalue weighted by Crippen LogP contribution is -2.40. The normalized spacial score (nSPS) is 17.5. The molecule has 30 heavy (non-hydrogen) atoms. The number of carbonyl (C=O) groups excluding carboxylic acids is 2. The van der Waals surface area contributed by atoms with Gasteiger partial charge in [-0.2, -0.15) is 0 Å². The van der Waals surface area contributed by atoms with Crippen molar-refractivity contribution in [3.8, 4) is 0 Å². The molecule has 2 saturated heterocycles. The summed E-state index contributed by atoms with van der Waals surface area (Å²) in [5.74, 6) is 0.0180. The number of nitrogens with zero attached hydrogens (tertiary/aromatic N) is 2. The van der Waals surface area contributed by atoms with Gasteiger partial charge >= 0.3 is 0 Å². The number of anilines is 2. The highest BCUT2D eigenvalue weighted by Gasteiger charge is 2.27. The van der Waals surface area contributed by atoms with Crippen molar-refractivity contribution in [2.75, 3.05) is 36.4 Å². The minimum absolute atomic E-state index is 0.0112. The zero-order valence-corrected chi connectivity index (χ0v) is 17.3. The van der Waals surface area contributed by atoms with Gasteiger partial charge in [0.15, 0.2) is 0 Å². The molecule has 0 saturated carbocycles. The molecule has 2 aliphatic heterocycles. The minimum Gasteiger partial charge on any atom is -0.370 e. The van der Waals surface area contributed by atoms with E-state index >= 15 is 0 Å². The number of piperidine rings is 1. The third-order valence-electron chi connectivity index (χ3n) is 6.00. The average molecular weight is 404 g/mol. The fourth-order valence-electron chi connectivity index (χ4n) is 4.25. The molecule has 2 amide bonds. The molecule has 5 heteroatoms. The van der Waals surface area contributed by atoms with Gasteiger partial charge in [-0.25, -0.2) is 0 Å². The van der Waals surface area contributed by atoms with Crippen molar-refractivity contribution < 1.29 is 9.59 Å². The molecule has 2 fully saturated rings. The van der Waals surface area contributed by atoms with Crippen LogP contribution in [0.15, 0.2) is 60.7 Å². The molecule has 0 atom stereocenters. The Balaban J connectivity index is 1.31. The van der Waals surface area contributed by atoms with Crippen LogP contribution in [0.1, 0.15) is 31.2 Å². The molecule has 4 rings (SSSR count). The van der Waals surface area contributed by atoms with Crippen LogP contribution in [0.5, 0.6) is 0 Å². The van der Waals surface area contributed by atoms with Crippen LogP contribution in [0.2, 0.25) is 0 Å². The summed E-state index contributed by atoms with van der Waals surface area (Å²) in [6, 6.07) is 17.9. The maximum absolute atomic E-state index is 12.9. The van der Waals surface area contributed by atoms with E-state index < -0.39 is 0 Å². The lowest BCUT2D eigenvalue weighted by atomic mass is 9.95. The van der Waals surface area contributed by atoms with Crippen molar-refractivity contribution in [3.05, 3.63) is 66.2 Å². The molecule has 0 bridgehead atoms. The number of para-hydroxylation sites is 2. The molecule has 5 nitrogen and oxygen atoms in total. The van der Waals surface area contributed by atoms with Crippen LogP contribution in [0.25, 0.3) is 6.08 Å². The zero-order valence-electron chi connectivity index (χ0n) is 17.3. The standard InChI is InChI=1S/C25H29N3O2/c29-24(13-12-20-8-2-1-3-9-20)28-18-14-21(15-19-28)25(30)26-22-10-4-5-11-23(22)27-16-6-7-17-27/h1-5,8-13,21H,6-7,14-19H2,(H,26,30)/b13-12+. The largest absolute Gasteiger partial charge is 0.370 e. The van der Waals surface area contributed by atoms with E-state index in [9.17, 15) is 9.59 Å². The summed E-state index contributed by atoms with van der Waals surface area (Å²) in [6.45, 7) is 3.32. The first-order valence-electron chi connectivity index (χ1n) is 10.9. The van der Waals surface area contributed by atoms with Crippen molar-refractivity contribution in [1.82, 2.24) is 4.90 Å². The Bertz CT molecular complexity index is 896. The summed E-state index contributed by atoms with van der Waals surface area (Å²) >= 11 is 0. The SMILES string of the molecule is O=C(Nc1ccccc1N1CCCC1)C1CCN(C(=O)/C=C/c2ccccc2)CC1. The van der Waals surface area contributed by atoms with E-state index in [1.54, 1.807) is 6.08 Å². The van der Waals surface area contributed by atoms with E-state index in [0.717, 1.165) is 30.0 Å². The highest BCUT2D eigenvalue weighted by Crippen LogP contribution is 2.30. The van der Waals surface area contributed by atoms with E-state index in [1.807, 2.05) is 59.5 Å². The number of nitrogens with one attached hydrogen (secondary N) is 1. The molecular weight excluding hydrogens is 374 g/mol. The van der Waals surface area contributed by atoms with Crippen LogP contribution >= 0.6 is 0 Å². The highest BCUT2D eigenvalue weighted by atomic mass is 16.2. The first kappa shape index (κ1) is 20.2. The van der Waals surface area contributed by atoms with Gasteiger partial charge in [-0.3, -0.25) is 9.59 Å². The van der Waals surface area contributed by atoms with Gasteiger partial charge in [0.05, 0.1) is 11.4 Å². The van der Waals surface area contributed by atoms with Gasteiger partial charge in [0.2, 0.25) is 11.8 Å². The minimum atomic E-state index is -0.0567. The molecule has 2 aromatic rings. The third kappa shape index (κ3) is 4.90. The van der Waals surface area contributed by atoms with Crippen LogP contribution in [0.3, 0.4) is 0 Å². The molecule has 2 aromatic carbocycles. The lowest BCUT2D eigenvalue weighted by Gasteiger charge is -2.31. The number of amides is 2. The number of rotatable bonds is 5. The quantitative estimate of drug-likeness (QED) is 0.762. The van der Waals surface area contributed by atoms with E-state index in [2.05, 4.69) is 16.3 Å². The number of carbonyl (C=O) groups is 2. The molecule has 0 aliphatic carbocycles. The van der Waals surface area contributed by atoms with Crippen molar-refractivity contribution >= 4 is 29.3 Å². The van der Waals surface area contributed by atoms with Crippen LogP contribution in [-0.2, 0) is 9.59 Å². The predicted molar refractivity (Wildman–Crippen MR) is 121 cm³/mol. The smallest absolute Gasteiger partial charge is 0.246 e. The first-order valence-corrected chi connectivity index (χ1v) is 10.9. The van der Waals surface area contributed by atoms with Gasteiger partial charge in [-0.15, -0.1) is 0 Å². The van der Waals surface area contributed by atoms with Gasteiger partial charge in [0.1, 0.15) is 0 Å². The van der Waals surface area contributed by atoms with E-state index in [4.69, 9.17) is 0 Å². The van der Waals surface area contributed by atoms with Crippen molar-refractivity contribution in [3.63, 3.8) is 0 Å². The Morgan fingerprint density at radius 1 is 0.867 bits per heavy atom. The second-order valence-corrected chi connectivity index (χ2v) is 8.04. The topological polar surface area (TPSA) is 52.7 Å². The van der Waals surface area contributed by atoms with E-state index in [0.29, 0.717) is 25.9 Å². The number of hydrogen-bond donors (Lipinski definition) is 1. The van der Waals surface area contributed by atoms with Gasteiger partial charge in [0, 0.05) is 38.2 Å². The van der Waals surface area contributed by atoms with Crippen LogP contribution in [0.4, 0.5) is 11.4 Å².